The number of aromatic amines is 1. The minimum Gasteiger partial charge on any atom is -0.507 e. The van der Waals surface area contributed by atoms with E-state index < -0.39 is 17.7 Å². The average molecular weight is 502 g/mol. The number of H-pyrrole nitrogens is 1. The smallest absolute Gasteiger partial charge is 0.302 e. The van der Waals surface area contributed by atoms with Crippen LogP contribution in [0.1, 0.15) is 36.6 Å². The van der Waals surface area contributed by atoms with Gasteiger partial charge in [0, 0.05) is 10.6 Å². The number of hydrogen-bond donors (Lipinski definition) is 2. The van der Waals surface area contributed by atoms with Crippen LogP contribution in [0.25, 0.3) is 16.8 Å². The Kier molecular flexibility index (Phi) is 6.02. The fourth-order valence-corrected chi connectivity index (χ4v) is 4.48. The summed E-state index contributed by atoms with van der Waals surface area (Å²) in [7, 11) is 0. The molecule has 1 aliphatic heterocycles. The van der Waals surface area contributed by atoms with Crippen molar-refractivity contribution in [2.24, 2.45) is 0 Å². The van der Waals surface area contributed by atoms with E-state index in [9.17, 15) is 14.7 Å². The number of carbonyl (C=O) groups excluding carboxylic acids is 2. The maximum absolute atomic E-state index is 13.4. The number of aliphatic hydroxyl groups excluding tert-OH is 1. The van der Waals surface area contributed by atoms with Gasteiger partial charge in [-0.2, -0.15) is 0 Å². The van der Waals surface area contributed by atoms with Gasteiger partial charge in [0.2, 0.25) is 5.95 Å². The number of ether oxygens (including phenoxy) is 1. The number of Topliss-reactive ketones (excluding diaryl/α,β-unsaturated/α-hetero) is 1. The number of hydrogen-bond acceptors (Lipinski definition) is 5. The lowest BCUT2D eigenvalue weighted by atomic mass is 9.95. The van der Waals surface area contributed by atoms with E-state index >= 15 is 0 Å². The molecule has 1 unspecified atom stereocenters. The van der Waals surface area contributed by atoms with Crippen molar-refractivity contribution in [1.82, 2.24) is 9.97 Å². The van der Waals surface area contributed by atoms with Crippen LogP contribution in [-0.4, -0.2) is 32.9 Å². The number of nitrogens with one attached hydrogen (secondary N) is 1. The average Bonchev–Trinajstić information content (AvgIpc) is 3.37. The molecule has 36 heavy (non-hydrogen) atoms. The first kappa shape index (κ1) is 23.6. The summed E-state index contributed by atoms with van der Waals surface area (Å²) in [5.74, 6) is -0.990. The molecule has 0 spiro atoms. The molecule has 182 valence electrons. The van der Waals surface area contributed by atoms with E-state index in [0.29, 0.717) is 27.4 Å². The highest BCUT2D eigenvalue weighted by atomic mass is 35.5. The van der Waals surface area contributed by atoms with E-state index in [1.54, 1.807) is 48.5 Å². The largest absolute Gasteiger partial charge is 0.507 e. The molecule has 0 saturated carbocycles. The molecule has 1 saturated heterocycles. The van der Waals surface area contributed by atoms with Crippen molar-refractivity contribution in [3.8, 4) is 5.75 Å². The van der Waals surface area contributed by atoms with Crippen molar-refractivity contribution in [2.45, 2.75) is 32.9 Å². The van der Waals surface area contributed by atoms with Crippen LogP contribution >= 0.6 is 11.6 Å². The van der Waals surface area contributed by atoms with Gasteiger partial charge in [-0.3, -0.25) is 14.5 Å². The monoisotopic (exact) mass is 501 g/mol. The van der Waals surface area contributed by atoms with Crippen molar-refractivity contribution in [3.05, 3.63) is 94.0 Å². The first-order valence-electron chi connectivity index (χ1n) is 11.5. The molecular weight excluding hydrogens is 478 g/mol. The number of nitrogens with zero attached hydrogens (tertiary/aromatic N) is 2. The van der Waals surface area contributed by atoms with E-state index in [2.05, 4.69) is 9.97 Å². The van der Waals surface area contributed by atoms with E-state index in [0.717, 1.165) is 11.1 Å². The number of fused-ring (bicyclic) bond motifs is 1. The van der Waals surface area contributed by atoms with Gasteiger partial charge in [0.1, 0.15) is 11.5 Å². The third kappa shape index (κ3) is 4.22. The summed E-state index contributed by atoms with van der Waals surface area (Å²) in [6.45, 7) is 5.82. The topological polar surface area (TPSA) is 95.5 Å². The van der Waals surface area contributed by atoms with Crippen molar-refractivity contribution < 1.29 is 19.4 Å². The van der Waals surface area contributed by atoms with Crippen molar-refractivity contribution in [1.29, 1.82) is 0 Å². The predicted octanol–water partition coefficient (Wildman–Crippen LogP) is 5.94. The standard InChI is InChI=1S/C28H24ClN3O4/c1-15(2)36-20-11-7-17(8-12-20)24-23(25(33)18-5-9-19(29)10-6-18)26(34)27(35)32(24)28-30-21-13-4-16(3)14-22(21)31-28/h4-15,24,33H,1-3H3,(H,30,31)/b25-23+. The van der Waals surface area contributed by atoms with Crippen molar-refractivity contribution >= 4 is 46.0 Å². The molecule has 8 heteroatoms. The van der Waals surface area contributed by atoms with Crippen LogP contribution in [0, 0.1) is 6.92 Å². The maximum Gasteiger partial charge on any atom is 0.302 e. The Bertz CT molecular complexity index is 1500. The third-order valence-electron chi connectivity index (χ3n) is 5.98. The Balaban J connectivity index is 1.68. The number of halogens is 1. The highest BCUT2D eigenvalue weighted by molar-refractivity contribution is 6.51. The summed E-state index contributed by atoms with van der Waals surface area (Å²) in [5.41, 5.74) is 3.40. The molecule has 2 heterocycles. The molecule has 1 amide bonds. The van der Waals surface area contributed by atoms with E-state index in [1.165, 1.54) is 4.90 Å². The first-order valence-corrected chi connectivity index (χ1v) is 11.9. The lowest BCUT2D eigenvalue weighted by molar-refractivity contribution is -0.132. The van der Waals surface area contributed by atoms with Gasteiger partial charge in [0.15, 0.2) is 0 Å². The fraction of sp³-hybridized carbons (Fsp3) is 0.179. The predicted molar refractivity (Wildman–Crippen MR) is 139 cm³/mol. The van der Waals surface area contributed by atoms with Gasteiger partial charge in [-0.05, 0) is 80.4 Å². The summed E-state index contributed by atoms with van der Waals surface area (Å²) in [6.07, 6.45) is -0.00889. The molecule has 5 rings (SSSR count). The van der Waals surface area contributed by atoms with E-state index in [4.69, 9.17) is 16.3 Å². The molecule has 1 atom stereocenters. The van der Waals surface area contributed by atoms with Gasteiger partial charge < -0.3 is 14.8 Å². The Morgan fingerprint density at radius 1 is 1.06 bits per heavy atom. The third-order valence-corrected chi connectivity index (χ3v) is 6.23. The Morgan fingerprint density at radius 2 is 1.75 bits per heavy atom. The van der Waals surface area contributed by atoms with Gasteiger partial charge in [0.05, 0.1) is 28.8 Å². The number of aliphatic hydroxyl groups is 1. The van der Waals surface area contributed by atoms with Gasteiger partial charge in [0.25, 0.3) is 5.78 Å². The van der Waals surface area contributed by atoms with Gasteiger partial charge in [-0.25, -0.2) is 4.98 Å². The van der Waals surface area contributed by atoms with Crippen LogP contribution in [0.3, 0.4) is 0 Å². The lowest BCUT2D eigenvalue weighted by Crippen LogP contribution is -2.30. The zero-order valence-corrected chi connectivity index (χ0v) is 20.7. The van der Waals surface area contributed by atoms with E-state index in [1.807, 2.05) is 39.0 Å². The summed E-state index contributed by atoms with van der Waals surface area (Å²) >= 11 is 6.00. The lowest BCUT2D eigenvalue weighted by Gasteiger charge is -2.23. The van der Waals surface area contributed by atoms with Crippen LogP contribution in [0.15, 0.2) is 72.3 Å². The SMILES string of the molecule is Cc1ccc2nc(N3C(=O)C(=O)/C(=C(/O)c4ccc(Cl)cc4)C3c3ccc(OC(C)C)cc3)[nH]c2c1. The van der Waals surface area contributed by atoms with Crippen molar-refractivity contribution in [2.75, 3.05) is 4.90 Å². The van der Waals surface area contributed by atoms with Crippen LogP contribution < -0.4 is 9.64 Å². The fourth-order valence-electron chi connectivity index (χ4n) is 4.35. The quantitative estimate of drug-likeness (QED) is 0.200. The zero-order valence-electron chi connectivity index (χ0n) is 19.9. The maximum atomic E-state index is 13.4. The molecule has 4 aromatic rings. The Labute approximate surface area is 213 Å². The molecule has 1 aliphatic rings. The normalized spacial score (nSPS) is 17.4. The second-order valence-corrected chi connectivity index (χ2v) is 9.43. The van der Waals surface area contributed by atoms with E-state index in [-0.39, 0.29) is 23.4 Å². The number of carbonyl (C=O) groups is 2. The number of aryl methyl sites for hydroxylation is 1. The highest BCUT2D eigenvalue weighted by Gasteiger charge is 2.48. The Morgan fingerprint density at radius 3 is 2.42 bits per heavy atom. The Hall–Kier alpha value is -4.10. The molecule has 1 fully saturated rings. The number of amides is 1. The molecule has 0 aliphatic carbocycles. The minimum absolute atomic E-state index is 0.00889. The summed E-state index contributed by atoms with van der Waals surface area (Å²) in [4.78, 5) is 35.8. The molecule has 0 radical (unpaired) electrons. The first-order chi connectivity index (χ1) is 17.2. The zero-order chi connectivity index (χ0) is 25.6. The summed E-state index contributed by atoms with van der Waals surface area (Å²) in [6, 6.07) is 18.3. The van der Waals surface area contributed by atoms with Crippen LogP contribution in [0.4, 0.5) is 5.95 Å². The van der Waals surface area contributed by atoms with Crippen LogP contribution in [-0.2, 0) is 9.59 Å². The number of rotatable bonds is 5. The molecule has 7 nitrogen and oxygen atoms in total. The highest BCUT2D eigenvalue weighted by Crippen LogP contribution is 2.42. The van der Waals surface area contributed by atoms with Crippen molar-refractivity contribution in [3.63, 3.8) is 0 Å². The van der Waals surface area contributed by atoms with Crippen LogP contribution in [0.5, 0.6) is 5.75 Å². The molecule has 3 aromatic carbocycles. The van der Waals surface area contributed by atoms with Crippen LogP contribution in [0.2, 0.25) is 5.02 Å². The molecular formula is C28H24ClN3O4. The minimum atomic E-state index is -0.907. The number of imidazole rings is 1. The second kappa shape index (κ2) is 9.17. The number of aromatic nitrogens is 2. The molecule has 1 aromatic heterocycles. The number of benzene rings is 3. The van der Waals surface area contributed by atoms with Gasteiger partial charge in [-0.15, -0.1) is 0 Å². The summed E-state index contributed by atoms with van der Waals surface area (Å²) < 4.78 is 5.75. The second-order valence-electron chi connectivity index (χ2n) is 8.99. The van der Waals surface area contributed by atoms with Gasteiger partial charge >= 0.3 is 5.91 Å². The summed E-state index contributed by atoms with van der Waals surface area (Å²) in [5, 5.41) is 11.7. The molecule has 0 bridgehead atoms. The number of anilines is 1. The number of ketones is 1. The van der Waals surface area contributed by atoms with Gasteiger partial charge in [-0.1, -0.05) is 29.8 Å². The molecule has 2 N–H and O–H groups in total.